The summed E-state index contributed by atoms with van der Waals surface area (Å²) >= 11 is 5.96. The molecule has 0 atom stereocenters. The number of likely N-dealkylation sites (N-methyl/N-ethyl adjacent to an activating group) is 2. The molecule has 0 bridgehead atoms. The van der Waals surface area contributed by atoms with Crippen LogP contribution in [-0.4, -0.2) is 46.8 Å². The minimum Gasteiger partial charge on any atom is -0.308 e. The average Bonchev–Trinajstić information content (AvgIpc) is 3.04. The van der Waals surface area contributed by atoms with Gasteiger partial charge in [0, 0.05) is 26.0 Å². The summed E-state index contributed by atoms with van der Waals surface area (Å²) in [5, 5.41) is 8.63. The van der Waals surface area contributed by atoms with Crippen molar-refractivity contribution in [2.75, 3.05) is 23.4 Å². The second kappa shape index (κ2) is 6.24. The maximum absolute atomic E-state index is 12.7. The molecule has 0 fully saturated rings. The van der Waals surface area contributed by atoms with Gasteiger partial charge in [0.1, 0.15) is 11.5 Å². The van der Waals surface area contributed by atoms with Gasteiger partial charge < -0.3 is 4.90 Å². The fraction of sp³-hybridized carbons (Fsp3) is 0.222. The van der Waals surface area contributed by atoms with E-state index in [1.54, 1.807) is 19.3 Å². The van der Waals surface area contributed by atoms with E-state index in [1.807, 2.05) is 19.9 Å². The number of hydrogen-bond acceptors (Lipinski definition) is 6. The van der Waals surface area contributed by atoms with Crippen molar-refractivity contribution < 1.29 is 9.59 Å². The maximum Gasteiger partial charge on any atom is 0.280 e. The van der Waals surface area contributed by atoms with Crippen LogP contribution in [0.25, 0.3) is 0 Å². The number of amides is 2. The monoisotopic (exact) mass is 382 g/mol. The predicted molar refractivity (Wildman–Crippen MR) is 103 cm³/mol. The lowest BCUT2D eigenvalue weighted by Crippen LogP contribution is -2.30. The van der Waals surface area contributed by atoms with E-state index in [4.69, 9.17) is 11.6 Å². The Hall–Kier alpha value is -3.13. The normalized spacial score (nSPS) is 18.7. The molecule has 2 aliphatic heterocycles. The van der Waals surface area contributed by atoms with Crippen LogP contribution in [-0.2, 0) is 9.59 Å². The van der Waals surface area contributed by atoms with Gasteiger partial charge in [0.2, 0.25) is 0 Å². The second-order valence-corrected chi connectivity index (χ2v) is 6.65. The van der Waals surface area contributed by atoms with Gasteiger partial charge in [-0.2, -0.15) is 0 Å². The molecule has 2 aromatic rings. The zero-order valence-electron chi connectivity index (χ0n) is 14.9. The van der Waals surface area contributed by atoms with Crippen molar-refractivity contribution in [2.45, 2.75) is 13.8 Å². The van der Waals surface area contributed by atoms with Gasteiger partial charge in [0.25, 0.3) is 11.8 Å². The van der Waals surface area contributed by atoms with E-state index in [1.165, 1.54) is 16.0 Å². The number of pyridine rings is 2. The number of rotatable bonds is 2. The number of hydrogen-bond donors (Lipinski definition) is 0. The van der Waals surface area contributed by atoms with Crippen LogP contribution in [0.2, 0.25) is 5.02 Å². The quantitative estimate of drug-likeness (QED) is 0.742. The zero-order valence-corrected chi connectivity index (χ0v) is 15.7. The number of aromatic nitrogens is 2. The highest BCUT2D eigenvalue weighted by atomic mass is 35.5. The van der Waals surface area contributed by atoms with E-state index in [0.29, 0.717) is 34.3 Å². The van der Waals surface area contributed by atoms with E-state index in [9.17, 15) is 9.59 Å². The summed E-state index contributed by atoms with van der Waals surface area (Å²) in [6.07, 6.45) is 3.14. The van der Waals surface area contributed by atoms with Gasteiger partial charge in [-0.05, 0) is 31.5 Å². The van der Waals surface area contributed by atoms with Crippen molar-refractivity contribution in [3.8, 4) is 0 Å². The van der Waals surface area contributed by atoms with Gasteiger partial charge in [-0.1, -0.05) is 11.6 Å². The molecule has 4 heterocycles. The molecule has 27 heavy (non-hydrogen) atoms. The number of halogens is 1. The Balaban J connectivity index is 1.83. The molecule has 0 N–H and O–H groups in total. The minimum atomic E-state index is -0.357. The van der Waals surface area contributed by atoms with Gasteiger partial charge in [0.15, 0.2) is 11.4 Å². The Morgan fingerprint density at radius 2 is 1.81 bits per heavy atom. The molecule has 0 saturated carbocycles. The van der Waals surface area contributed by atoms with Gasteiger partial charge in [-0.15, -0.1) is 10.2 Å². The molecule has 2 amide bonds. The van der Waals surface area contributed by atoms with Crippen LogP contribution < -0.4 is 9.80 Å². The highest BCUT2D eigenvalue weighted by Crippen LogP contribution is 2.30. The summed E-state index contributed by atoms with van der Waals surface area (Å²) in [7, 11) is 1.61. The van der Waals surface area contributed by atoms with Crippen molar-refractivity contribution in [1.82, 2.24) is 9.97 Å². The number of carbonyl (C=O) groups is 2. The molecule has 9 heteroatoms. The Labute approximate surface area is 160 Å². The van der Waals surface area contributed by atoms with Crippen LogP contribution in [0.5, 0.6) is 0 Å². The van der Waals surface area contributed by atoms with Crippen molar-refractivity contribution in [2.24, 2.45) is 10.2 Å². The molecule has 0 spiro atoms. The molecule has 0 saturated heterocycles. The summed E-state index contributed by atoms with van der Waals surface area (Å²) in [4.78, 5) is 36.7. The molecule has 2 aromatic heterocycles. The zero-order chi connectivity index (χ0) is 19.3. The van der Waals surface area contributed by atoms with Crippen LogP contribution in [0.4, 0.5) is 11.5 Å². The van der Waals surface area contributed by atoms with Crippen molar-refractivity contribution >= 4 is 46.3 Å². The molecule has 0 unspecified atom stereocenters. The summed E-state index contributed by atoms with van der Waals surface area (Å²) in [5.41, 5.74) is 2.68. The number of anilines is 2. The van der Waals surface area contributed by atoms with Gasteiger partial charge in [-0.25, -0.2) is 4.98 Å². The fourth-order valence-electron chi connectivity index (χ4n) is 3.11. The lowest BCUT2D eigenvalue weighted by molar-refractivity contribution is -0.113. The van der Waals surface area contributed by atoms with Gasteiger partial charge in [-0.3, -0.25) is 19.5 Å². The number of aryl methyl sites for hydroxylation is 1. The summed E-state index contributed by atoms with van der Waals surface area (Å²) in [6, 6.07) is 3.48. The Kier molecular flexibility index (Phi) is 4.00. The molecule has 2 aliphatic rings. The van der Waals surface area contributed by atoms with E-state index < -0.39 is 0 Å². The van der Waals surface area contributed by atoms with Crippen LogP contribution in [0.15, 0.2) is 34.7 Å². The Morgan fingerprint density at radius 3 is 2.56 bits per heavy atom. The predicted octanol–water partition coefficient (Wildman–Crippen LogP) is 1.97. The smallest absolute Gasteiger partial charge is 0.280 e. The highest BCUT2D eigenvalue weighted by Gasteiger charge is 2.36. The van der Waals surface area contributed by atoms with Gasteiger partial charge in [0.05, 0.1) is 16.3 Å². The van der Waals surface area contributed by atoms with Crippen LogP contribution in [0.1, 0.15) is 23.7 Å². The van der Waals surface area contributed by atoms with Crippen LogP contribution in [0, 0.1) is 6.92 Å². The lowest BCUT2D eigenvalue weighted by Gasteiger charge is -2.11. The lowest BCUT2D eigenvalue weighted by atomic mass is 10.1. The average molecular weight is 383 g/mol. The first-order chi connectivity index (χ1) is 12.9. The minimum absolute atomic E-state index is 0.0709. The topological polar surface area (TPSA) is 91.1 Å². The second-order valence-electron chi connectivity index (χ2n) is 6.22. The third-order valence-corrected chi connectivity index (χ3v) is 4.66. The van der Waals surface area contributed by atoms with E-state index >= 15 is 0 Å². The third kappa shape index (κ3) is 2.60. The van der Waals surface area contributed by atoms with Crippen molar-refractivity contribution in [3.05, 3.63) is 46.4 Å². The molecule has 8 nitrogen and oxygen atoms in total. The van der Waals surface area contributed by atoms with Gasteiger partial charge >= 0.3 is 0 Å². The Morgan fingerprint density at radius 1 is 1.07 bits per heavy atom. The molecular formula is C18H15ClN6O2. The SMILES string of the molecule is CCN1C(=O)/C(=N/N=C2\C(=O)N(C)c3cc(Cl)cnc32)c2cc(C)cnc21. The van der Waals surface area contributed by atoms with Crippen LogP contribution in [0.3, 0.4) is 0 Å². The summed E-state index contributed by atoms with van der Waals surface area (Å²) < 4.78 is 0. The number of nitrogens with zero attached hydrogens (tertiary/aromatic N) is 6. The molecule has 4 rings (SSSR count). The maximum atomic E-state index is 12.7. The van der Waals surface area contributed by atoms with E-state index in [0.717, 1.165) is 5.56 Å². The van der Waals surface area contributed by atoms with E-state index in [-0.39, 0.29) is 23.2 Å². The molecular weight excluding hydrogens is 368 g/mol. The third-order valence-electron chi connectivity index (χ3n) is 4.46. The number of fused-ring (bicyclic) bond motifs is 2. The summed E-state index contributed by atoms with van der Waals surface area (Å²) in [6.45, 7) is 4.20. The molecule has 0 radical (unpaired) electrons. The molecule has 0 aliphatic carbocycles. The van der Waals surface area contributed by atoms with Crippen molar-refractivity contribution in [3.63, 3.8) is 0 Å². The first-order valence-corrected chi connectivity index (χ1v) is 8.68. The van der Waals surface area contributed by atoms with Crippen molar-refractivity contribution in [1.29, 1.82) is 0 Å². The molecule has 0 aromatic carbocycles. The largest absolute Gasteiger partial charge is 0.308 e. The van der Waals surface area contributed by atoms with Crippen LogP contribution >= 0.6 is 11.6 Å². The highest BCUT2D eigenvalue weighted by molar-refractivity contribution is 6.55. The first-order valence-electron chi connectivity index (χ1n) is 8.31. The fourth-order valence-corrected chi connectivity index (χ4v) is 3.26. The first kappa shape index (κ1) is 17.3. The van der Waals surface area contributed by atoms with E-state index in [2.05, 4.69) is 20.2 Å². The Bertz CT molecular complexity index is 1060. The standard InChI is InChI=1S/C18H15ClN6O2/c1-4-25-16-11(5-9(2)7-21-16)13(18(25)27)22-23-15-14-12(24(3)17(15)26)6-10(19)8-20-14/h5-8H,4H2,1-3H3/b22-13+,23-15-. The molecule has 136 valence electrons. The number of carbonyl (C=O) groups excluding carboxylic acids is 2. The summed E-state index contributed by atoms with van der Waals surface area (Å²) in [5.74, 6) is -0.102.